The van der Waals surface area contributed by atoms with Gasteiger partial charge < -0.3 is 9.72 Å². The van der Waals surface area contributed by atoms with Crippen molar-refractivity contribution in [3.05, 3.63) is 40.2 Å². The summed E-state index contributed by atoms with van der Waals surface area (Å²) in [5.41, 5.74) is 0.714. The molecule has 0 radical (unpaired) electrons. The van der Waals surface area contributed by atoms with E-state index in [2.05, 4.69) is 9.97 Å². The second-order valence-electron chi connectivity index (χ2n) is 4.60. The van der Waals surface area contributed by atoms with E-state index < -0.39 is 5.56 Å². The molecule has 21 heavy (non-hydrogen) atoms. The summed E-state index contributed by atoms with van der Waals surface area (Å²) < 4.78 is 5.10. The second-order valence-corrected chi connectivity index (χ2v) is 6.17. The fourth-order valence-electron chi connectivity index (χ4n) is 1.79. The molecule has 0 aliphatic rings. The molecule has 0 fully saturated rings. The van der Waals surface area contributed by atoms with Crippen molar-refractivity contribution in [2.75, 3.05) is 7.11 Å². The van der Waals surface area contributed by atoms with Crippen LogP contribution in [0.5, 0.6) is 5.75 Å². The molecule has 0 aliphatic heterocycles. The number of aromatic amines is 1. The second kappa shape index (κ2) is 6.46. The Balaban J connectivity index is 2.56. The molecule has 2 rings (SSSR count). The van der Waals surface area contributed by atoms with Gasteiger partial charge in [-0.15, -0.1) is 0 Å². The lowest BCUT2D eigenvalue weighted by molar-refractivity contribution is 0.415. The number of rotatable bonds is 4. The predicted molar refractivity (Wildman–Crippen MR) is 82.6 cm³/mol. The number of thioether (sulfide) groups is 1. The summed E-state index contributed by atoms with van der Waals surface area (Å²) in [7, 11) is 1.58. The van der Waals surface area contributed by atoms with Crippen LogP contribution in [-0.4, -0.2) is 22.3 Å². The monoisotopic (exact) mass is 301 g/mol. The summed E-state index contributed by atoms with van der Waals surface area (Å²) in [5.74, 6) is 0.707. The number of ether oxygens (including phenoxy) is 1. The summed E-state index contributed by atoms with van der Waals surface area (Å²) in [5, 5.41) is 9.99. The zero-order chi connectivity index (χ0) is 15.4. The van der Waals surface area contributed by atoms with Crippen LogP contribution in [0.25, 0.3) is 11.3 Å². The smallest absolute Gasteiger partial charge is 0.270 e. The van der Waals surface area contributed by atoms with Gasteiger partial charge in [0.25, 0.3) is 5.56 Å². The number of methoxy groups -OCH3 is 1. The standard InChI is InChI=1S/C15H15N3O2S/c1-9(2)21-15-17-13(12(8-16)14(19)18-15)10-4-6-11(20-3)7-5-10/h4-7,9H,1-3H3,(H,17,18,19). The fraction of sp³-hybridized carbons (Fsp3) is 0.267. The molecule has 0 spiro atoms. The maximum atomic E-state index is 12.0. The van der Waals surface area contributed by atoms with Gasteiger partial charge in [0.1, 0.15) is 17.4 Å². The molecular weight excluding hydrogens is 286 g/mol. The van der Waals surface area contributed by atoms with Gasteiger partial charge in [0.2, 0.25) is 0 Å². The van der Waals surface area contributed by atoms with Crippen molar-refractivity contribution in [1.29, 1.82) is 5.26 Å². The van der Waals surface area contributed by atoms with Crippen molar-refractivity contribution >= 4 is 11.8 Å². The van der Waals surface area contributed by atoms with Crippen molar-refractivity contribution in [3.63, 3.8) is 0 Å². The molecule has 1 aromatic carbocycles. The van der Waals surface area contributed by atoms with Crippen molar-refractivity contribution in [2.45, 2.75) is 24.3 Å². The third-order valence-corrected chi connectivity index (χ3v) is 3.61. The van der Waals surface area contributed by atoms with Gasteiger partial charge in [-0.25, -0.2) is 4.98 Å². The number of nitriles is 1. The molecule has 2 aromatic rings. The SMILES string of the molecule is COc1ccc(-c2nc(SC(C)C)[nH]c(=O)c2C#N)cc1. The zero-order valence-electron chi connectivity index (χ0n) is 12.0. The quantitative estimate of drug-likeness (QED) is 0.694. The molecular formula is C15H15N3O2S. The molecule has 0 saturated carbocycles. The van der Waals surface area contributed by atoms with Crippen LogP contribution < -0.4 is 10.3 Å². The summed E-state index contributed by atoms with van der Waals surface area (Å²) in [4.78, 5) is 19.1. The Morgan fingerprint density at radius 2 is 2.00 bits per heavy atom. The van der Waals surface area contributed by atoms with Gasteiger partial charge in [0.05, 0.1) is 12.8 Å². The van der Waals surface area contributed by atoms with Crippen LogP contribution in [0.2, 0.25) is 0 Å². The highest BCUT2D eigenvalue weighted by Gasteiger charge is 2.14. The van der Waals surface area contributed by atoms with E-state index in [1.54, 1.807) is 31.4 Å². The minimum atomic E-state index is -0.415. The van der Waals surface area contributed by atoms with Crippen molar-refractivity contribution < 1.29 is 4.74 Å². The zero-order valence-corrected chi connectivity index (χ0v) is 12.8. The maximum absolute atomic E-state index is 12.0. The van der Waals surface area contributed by atoms with Crippen molar-refractivity contribution in [3.8, 4) is 23.1 Å². The molecule has 108 valence electrons. The highest BCUT2D eigenvalue weighted by Crippen LogP contribution is 2.25. The lowest BCUT2D eigenvalue weighted by Crippen LogP contribution is -2.15. The molecule has 0 saturated heterocycles. The van der Waals surface area contributed by atoms with Crippen molar-refractivity contribution in [2.24, 2.45) is 0 Å². The van der Waals surface area contributed by atoms with E-state index in [9.17, 15) is 10.1 Å². The Kier molecular flexibility index (Phi) is 4.66. The normalized spacial score (nSPS) is 10.4. The highest BCUT2D eigenvalue weighted by molar-refractivity contribution is 7.99. The van der Waals surface area contributed by atoms with Crippen LogP contribution in [-0.2, 0) is 0 Å². The third kappa shape index (κ3) is 3.44. The maximum Gasteiger partial charge on any atom is 0.270 e. The summed E-state index contributed by atoms with van der Waals surface area (Å²) in [6.45, 7) is 4.02. The number of H-pyrrole nitrogens is 1. The van der Waals surface area contributed by atoms with Gasteiger partial charge in [-0.3, -0.25) is 4.79 Å². The Labute approximate surface area is 127 Å². The number of hydrogen-bond donors (Lipinski definition) is 1. The molecule has 0 atom stereocenters. The topological polar surface area (TPSA) is 78.8 Å². The lowest BCUT2D eigenvalue weighted by atomic mass is 10.1. The largest absolute Gasteiger partial charge is 0.497 e. The Hall–Kier alpha value is -2.26. The third-order valence-electron chi connectivity index (χ3n) is 2.72. The first kappa shape index (κ1) is 15.1. The fourth-order valence-corrected chi connectivity index (χ4v) is 2.54. The molecule has 6 heteroatoms. The molecule has 1 heterocycles. The first-order chi connectivity index (χ1) is 10.0. The van der Waals surface area contributed by atoms with Crippen molar-refractivity contribution in [1.82, 2.24) is 9.97 Å². The van der Waals surface area contributed by atoms with Crippen LogP contribution >= 0.6 is 11.8 Å². The van der Waals surface area contributed by atoms with E-state index in [4.69, 9.17) is 4.74 Å². The lowest BCUT2D eigenvalue weighted by Gasteiger charge is -2.08. The number of aromatic nitrogens is 2. The Morgan fingerprint density at radius 3 is 2.52 bits per heavy atom. The van der Waals surface area contributed by atoms with E-state index in [0.29, 0.717) is 22.2 Å². The minimum absolute atomic E-state index is 0.0215. The van der Waals surface area contributed by atoms with E-state index in [0.717, 1.165) is 0 Å². The average molecular weight is 301 g/mol. The number of benzene rings is 1. The van der Waals surface area contributed by atoms with Gasteiger partial charge in [-0.2, -0.15) is 5.26 Å². The average Bonchev–Trinajstić information content (AvgIpc) is 2.46. The summed E-state index contributed by atoms with van der Waals surface area (Å²) in [6, 6.07) is 9.04. The van der Waals surface area contributed by atoms with Gasteiger partial charge in [-0.05, 0) is 24.3 Å². The van der Waals surface area contributed by atoms with Crippen LogP contribution in [0.3, 0.4) is 0 Å². The molecule has 0 bridgehead atoms. The number of nitrogens with zero attached hydrogens (tertiary/aromatic N) is 2. The minimum Gasteiger partial charge on any atom is -0.497 e. The first-order valence-corrected chi connectivity index (χ1v) is 7.28. The first-order valence-electron chi connectivity index (χ1n) is 6.40. The molecule has 1 N–H and O–H groups in total. The van der Waals surface area contributed by atoms with Gasteiger partial charge in [0, 0.05) is 10.8 Å². The summed E-state index contributed by atoms with van der Waals surface area (Å²) in [6.07, 6.45) is 0. The van der Waals surface area contributed by atoms with Gasteiger partial charge in [0.15, 0.2) is 5.16 Å². The van der Waals surface area contributed by atoms with E-state index in [-0.39, 0.29) is 10.8 Å². The molecule has 1 aromatic heterocycles. The predicted octanol–water partition coefficient (Wildman–Crippen LogP) is 2.82. The van der Waals surface area contributed by atoms with Crippen LogP contribution in [0.1, 0.15) is 19.4 Å². The number of hydrogen-bond acceptors (Lipinski definition) is 5. The van der Waals surface area contributed by atoms with Gasteiger partial charge in [-0.1, -0.05) is 25.6 Å². The van der Waals surface area contributed by atoms with E-state index >= 15 is 0 Å². The van der Waals surface area contributed by atoms with Crippen LogP contribution in [0.15, 0.2) is 34.2 Å². The molecule has 0 aliphatic carbocycles. The van der Waals surface area contributed by atoms with Crippen LogP contribution in [0, 0.1) is 11.3 Å². The Bertz CT molecular complexity index is 730. The van der Waals surface area contributed by atoms with E-state index in [1.165, 1.54) is 11.8 Å². The summed E-state index contributed by atoms with van der Waals surface area (Å²) >= 11 is 1.45. The molecule has 5 nitrogen and oxygen atoms in total. The number of nitrogens with one attached hydrogen (secondary N) is 1. The molecule has 0 amide bonds. The van der Waals surface area contributed by atoms with Gasteiger partial charge >= 0.3 is 0 Å². The Morgan fingerprint density at radius 1 is 1.33 bits per heavy atom. The highest BCUT2D eigenvalue weighted by atomic mass is 32.2. The molecule has 0 unspecified atom stereocenters. The van der Waals surface area contributed by atoms with Crippen LogP contribution in [0.4, 0.5) is 0 Å². The van der Waals surface area contributed by atoms with E-state index in [1.807, 2.05) is 19.9 Å².